The lowest BCUT2D eigenvalue weighted by molar-refractivity contribution is 0.266. The van der Waals surface area contributed by atoms with Gasteiger partial charge in [-0.2, -0.15) is 0 Å². The van der Waals surface area contributed by atoms with E-state index in [0.29, 0.717) is 5.92 Å². The second-order valence-electron chi connectivity index (χ2n) is 6.13. The molecular weight excluding hydrogens is 264 g/mol. The number of hydrogen-bond acceptors (Lipinski definition) is 5. The molecule has 5 nitrogen and oxygen atoms in total. The fourth-order valence-electron chi connectivity index (χ4n) is 2.78. The maximum absolute atomic E-state index is 9.58. The van der Waals surface area contributed by atoms with Crippen molar-refractivity contribution in [2.24, 2.45) is 0 Å². The molecule has 1 aromatic rings. The van der Waals surface area contributed by atoms with Crippen LogP contribution < -0.4 is 10.2 Å². The summed E-state index contributed by atoms with van der Waals surface area (Å²) in [7, 11) is 0. The number of nitrogens with one attached hydrogen (secondary N) is 1. The Morgan fingerprint density at radius 1 is 1.38 bits per heavy atom. The second-order valence-corrected chi connectivity index (χ2v) is 6.13. The van der Waals surface area contributed by atoms with Gasteiger partial charge in [-0.25, -0.2) is 9.97 Å². The van der Waals surface area contributed by atoms with Gasteiger partial charge >= 0.3 is 0 Å². The van der Waals surface area contributed by atoms with Crippen molar-refractivity contribution in [2.75, 3.05) is 29.9 Å². The van der Waals surface area contributed by atoms with Gasteiger partial charge in [0.15, 0.2) is 0 Å². The highest BCUT2D eigenvalue weighted by Gasteiger charge is 2.28. The Labute approximate surface area is 127 Å². The van der Waals surface area contributed by atoms with Gasteiger partial charge in [-0.05, 0) is 26.2 Å². The van der Waals surface area contributed by atoms with E-state index in [9.17, 15) is 5.11 Å². The van der Waals surface area contributed by atoms with E-state index in [1.54, 1.807) is 0 Å². The third-order valence-corrected chi connectivity index (χ3v) is 4.06. The van der Waals surface area contributed by atoms with Crippen molar-refractivity contribution in [3.63, 3.8) is 0 Å². The first kappa shape index (κ1) is 16.0. The van der Waals surface area contributed by atoms with Gasteiger partial charge in [0.25, 0.3) is 0 Å². The molecule has 118 valence electrons. The number of hydrogen-bond donors (Lipinski definition) is 2. The first-order chi connectivity index (χ1) is 10.1. The van der Waals surface area contributed by atoms with Gasteiger partial charge < -0.3 is 15.3 Å². The van der Waals surface area contributed by atoms with Crippen molar-refractivity contribution in [3.05, 3.63) is 11.4 Å². The smallest absolute Gasteiger partial charge is 0.137 e. The number of rotatable bonds is 6. The summed E-state index contributed by atoms with van der Waals surface area (Å²) in [5.74, 6) is 3.09. The third-order valence-electron chi connectivity index (χ3n) is 4.06. The topological polar surface area (TPSA) is 61.3 Å². The largest absolute Gasteiger partial charge is 0.394 e. The van der Waals surface area contributed by atoms with E-state index >= 15 is 0 Å². The van der Waals surface area contributed by atoms with Gasteiger partial charge in [0.1, 0.15) is 17.5 Å². The predicted octanol–water partition coefficient (Wildman–Crippen LogP) is 2.69. The van der Waals surface area contributed by atoms with Crippen molar-refractivity contribution >= 4 is 11.6 Å². The first-order valence-electron chi connectivity index (χ1n) is 8.08. The summed E-state index contributed by atoms with van der Waals surface area (Å²) in [6.07, 6.45) is 3.22. The summed E-state index contributed by atoms with van der Waals surface area (Å²) in [6, 6.07) is 0.192. The normalized spacial score (nSPS) is 18.6. The summed E-state index contributed by atoms with van der Waals surface area (Å²) >= 11 is 0. The molecule has 1 aliphatic heterocycles. The number of aliphatic hydroxyl groups is 1. The molecule has 0 aliphatic carbocycles. The van der Waals surface area contributed by atoms with Crippen LogP contribution in [-0.2, 0) is 0 Å². The minimum atomic E-state index is 0.192. The van der Waals surface area contributed by atoms with Crippen LogP contribution in [0.2, 0.25) is 0 Å². The van der Waals surface area contributed by atoms with Crippen LogP contribution in [0.4, 0.5) is 11.6 Å². The Kier molecular flexibility index (Phi) is 5.39. The monoisotopic (exact) mass is 292 g/mol. The van der Waals surface area contributed by atoms with Crippen LogP contribution in [0, 0.1) is 6.92 Å². The standard InChI is InChI=1S/C16H28N4O/c1-5-8-17-15-12(4)16(19-14(18-15)11(2)3)20-9-6-7-13(20)10-21/h11,13,21H,5-10H2,1-4H3,(H,17,18,19). The van der Waals surface area contributed by atoms with Gasteiger partial charge in [-0.15, -0.1) is 0 Å². The molecule has 1 unspecified atom stereocenters. The lowest BCUT2D eigenvalue weighted by Gasteiger charge is -2.27. The van der Waals surface area contributed by atoms with Crippen LogP contribution >= 0.6 is 0 Å². The summed E-state index contributed by atoms with van der Waals surface area (Å²) in [4.78, 5) is 11.7. The molecule has 2 rings (SSSR count). The molecule has 2 N–H and O–H groups in total. The van der Waals surface area contributed by atoms with Crippen LogP contribution in [-0.4, -0.2) is 40.8 Å². The Bertz CT molecular complexity index is 476. The predicted molar refractivity (Wildman–Crippen MR) is 87.1 cm³/mol. The molecule has 0 radical (unpaired) electrons. The van der Waals surface area contributed by atoms with E-state index in [1.807, 2.05) is 0 Å². The Hall–Kier alpha value is -1.36. The van der Waals surface area contributed by atoms with Gasteiger partial charge in [0.2, 0.25) is 0 Å². The van der Waals surface area contributed by atoms with E-state index in [1.165, 1.54) is 0 Å². The molecule has 1 saturated heterocycles. The maximum Gasteiger partial charge on any atom is 0.137 e. The summed E-state index contributed by atoms with van der Waals surface area (Å²) < 4.78 is 0. The molecule has 1 atom stereocenters. The molecule has 1 aromatic heterocycles. The third kappa shape index (κ3) is 3.46. The second kappa shape index (κ2) is 7.07. The molecular formula is C16H28N4O. The van der Waals surface area contributed by atoms with Crippen LogP contribution in [0.15, 0.2) is 0 Å². The molecule has 2 heterocycles. The quantitative estimate of drug-likeness (QED) is 0.844. The minimum Gasteiger partial charge on any atom is -0.394 e. The fraction of sp³-hybridized carbons (Fsp3) is 0.750. The molecule has 0 aromatic carbocycles. The molecule has 0 bridgehead atoms. The van der Waals surface area contributed by atoms with E-state index in [4.69, 9.17) is 4.98 Å². The number of aliphatic hydroxyl groups excluding tert-OH is 1. The van der Waals surface area contributed by atoms with Crippen LogP contribution in [0.5, 0.6) is 0 Å². The van der Waals surface area contributed by atoms with Gasteiger partial charge in [0.05, 0.1) is 12.6 Å². The average molecular weight is 292 g/mol. The van der Waals surface area contributed by atoms with Gasteiger partial charge in [-0.3, -0.25) is 0 Å². The number of aromatic nitrogens is 2. The average Bonchev–Trinajstić information content (AvgIpc) is 2.94. The highest BCUT2D eigenvalue weighted by molar-refractivity contribution is 5.59. The maximum atomic E-state index is 9.58. The first-order valence-corrected chi connectivity index (χ1v) is 8.08. The van der Waals surface area contributed by atoms with Gasteiger partial charge in [0, 0.05) is 24.6 Å². The Morgan fingerprint density at radius 3 is 2.76 bits per heavy atom. The van der Waals surface area contributed by atoms with Gasteiger partial charge in [-0.1, -0.05) is 20.8 Å². The number of anilines is 2. The fourth-order valence-corrected chi connectivity index (χ4v) is 2.78. The van der Waals surface area contributed by atoms with Crippen LogP contribution in [0.1, 0.15) is 57.3 Å². The van der Waals surface area contributed by atoms with E-state index < -0.39 is 0 Å². The van der Waals surface area contributed by atoms with Crippen molar-refractivity contribution in [1.82, 2.24) is 9.97 Å². The summed E-state index contributed by atoms with van der Waals surface area (Å²) in [5, 5.41) is 13.0. The van der Waals surface area contributed by atoms with Crippen molar-refractivity contribution < 1.29 is 5.11 Å². The zero-order chi connectivity index (χ0) is 15.4. The van der Waals surface area contributed by atoms with Crippen molar-refractivity contribution in [1.29, 1.82) is 0 Å². The zero-order valence-electron chi connectivity index (χ0n) is 13.7. The van der Waals surface area contributed by atoms with Crippen molar-refractivity contribution in [2.45, 2.75) is 58.9 Å². The Morgan fingerprint density at radius 2 is 2.14 bits per heavy atom. The lowest BCUT2D eigenvalue weighted by atomic mass is 10.1. The van der Waals surface area contributed by atoms with E-state index in [2.05, 4.69) is 42.9 Å². The van der Waals surface area contributed by atoms with E-state index in [-0.39, 0.29) is 12.6 Å². The molecule has 0 saturated carbocycles. The molecule has 1 fully saturated rings. The highest BCUT2D eigenvalue weighted by Crippen LogP contribution is 2.31. The number of nitrogens with zero attached hydrogens (tertiary/aromatic N) is 3. The van der Waals surface area contributed by atoms with Crippen molar-refractivity contribution in [3.8, 4) is 0 Å². The zero-order valence-corrected chi connectivity index (χ0v) is 13.7. The minimum absolute atomic E-state index is 0.192. The molecule has 0 spiro atoms. The lowest BCUT2D eigenvalue weighted by Crippen LogP contribution is -2.34. The molecule has 5 heteroatoms. The van der Waals surface area contributed by atoms with E-state index in [0.717, 1.165) is 55.4 Å². The molecule has 21 heavy (non-hydrogen) atoms. The van der Waals surface area contributed by atoms with Crippen LogP contribution in [0.25, 0.3) is 0 Å². The SMILES string of the molecule is CCCNc1nc(C(C)C)nc(N2CCCC2CO)c1C. The molecule has 0 amide bonds. The Balaban J connectivity index is 2.40. The summed E-state index contributed by atoms with van der Waals surface area (Å²) in [6.45, 7) is 10.5. The molecule has 1 aliphatic rings. The summed E-state index contributed by atoms with van der Waals surface area (Å²) in [5.41, 5.74) is 1.09. The highest BCUT2D eigenvalue weighted by atomic mass is 16.3. The van der Waals surface area contributed by atoms with Crippen LogP contribution in [0.3, 0.4) is 0 Å².